The molecule has 0 aliphatic carbocycles. The van der Waals surface area contributed by atoms with E-state index in [2.05, 4.69) is 22.0 Å². The zero-order valence-electron chi connectivity index (χ0n) is 8.63. The highest BCUT2D eigenvalue weighted by molar-refractivity contribution is 9.10. The number of halogens is 2. The van der Waals surface area contributed by atoms with Crippen molar-refractivity contribution in [3.05, 3.63) is 52.0 Å². The quantitative estimate of drug-likeness (QED) is 0.788. The first kappa shape index (κ1) is 11.5. The van der Waals surface area contributed by atoms with Gasteiger partial charge in [0.05, 0.1) is 16.6 Å². The zero-order chi connectivity index (χ0) is 11.5. The first-order chi connectivity index (χ1) is 7.72. The van der Waals surface area contributed by atoms with E-state index in [0.717, 1.165) is 15.6 Å². The average molecular weight is 297 g/mol. The predicted molar refractivity (Wildman–Crippen MR) is 70.0 cm³/mol. The maximum atomic E-state index is 6.12. The van der Waals surface area contributed by atoms with Gasteiger partial charge in [-0.15, -0.1) is 0 Å². The molecule has 0 aliphatic heterocycles. The summed E-state index contributed by atoms with van der Waals surface area (Å²) >= 11 is 9.55. The van der Waals surface area contributed by atoms with E-state index >= 15 is 0 Å². The minimum Gasteiger partial charge on any atom is -0.494 e. The fourth-order valence-electron chi connectivity index (χ4n) is 1.48. The highest BCUT2D eigenvalue weighted by Crippen LogP contribution is 2.37. The van der Waals surface area contributed by atoms with Crippen molar-refractivity contribution in [2.75, 3.05) is 7.11 Å². The Balaban J connectivity index is 2.53. The number of ether oxygens (including phenoxy) is 1. The third kappa shape index (κ3) is 2.23. The van der Waals surface area contributed by atoms with E-state index in [0.29, 0.717) is 10.8 Å². The number of rotatable bonds is 2. The molecule has 0 N–H and O–H groups in total. The van der Waals surface area contributed by atoms with E-state index in [1.165, 1.54) is 0 Å². The van der Waals surface area contributed by atoms with Crippen LogP contribution in [0.1, 0.15) is 0 Å². The minimum atomic E-state index is 0.587. The molecule has 0 aromatic heterocycles. The maximum absolute atomic E-state index is 6.12. The van der Waals surface area contributed by atoms with Crippen LogP contribution >= 0.6 is 27.5 Å². The van der Waals surface area contributed by atoms with Gasteiger partial charge in [-0.3, -0.25) is 0 Å². The molecule has 0 heterocycles. The van der Waals surface area contributed by atoms with Crippen LogP contribution in [0.5, 0.6) is 5.75 Å². The second kappa shape index (κ2) is 4.89. The molecule has 1 nitrogen and oxygen atoms in total. The summed E-state index contributed by atoms with van der Waals surface area (Å²) in [5.74, 6) is 0.654. The predicted octanol–water partition coefficient (Wildman–Crippen LogP) is 4.58. The summed E-state index contributed by atoms with van der Waals surface area (Å²) in [5.41, 5.74) is 2.02. The van der Waals surface area contributed by atoms with Crippen LogP contribution < -0.4 is 4.74 Å². The van der Waals surface area contributed by atoms with Crippen molar-refractivity contribution < 1.29 is 4.74 Å². The average Bonchev–Trinajstić information content (AvgIpc) is 2.30. The molecular weight excluding hydrogens is 287 g/mol. The molecule has 0 spiro atoms. The van der Waals surface area contributed by atoms with E-state index in [9.17, 15) is 0 Å². The van der Waals surface area contributed by atoms with Crippen molar-refractivity contribution in [2.45, 2.75) is 0 Å². The molecule has 81 valence electrons. The summed E-state index contributed by atoms with van der Waals surface area (Å²) in [6, 6.07) is 14.8. The molecule has 0 aliphatic rings. The molecule has 0 atom stereocenters. The fraction of sp³-hybridized carbons (Fsp3) is 0.0769. The molecule has 0 saturated heterocycles. The zero-order valence-corrected chi connectivity index (χ0v) is 11.0. The van der Waals surface area contributed by atoms with Gasteiger partial charge in [-0.2, -0.15) is 0 Å². The molecule has 0 amide bonds. The Labute approximate surface area is 108 Å². The van der Waals surface area contributed by atoms with E-state index in [1.54, 1.807) is 7.11 Å². The standard InChI is InChI=1S/C13H9BrClO/c1-16-13-11(14)7-10(8-12(13)15)9-5-3-2-4-6-9/h2-5,7-8H,1H3. The van der Waals surface area contributed by atoms with Crippen molar-refractivity contribution in [2.24, 2.45) is 0 Å². The Morgan fingerprint density at radius 2 is 2.12 bits per heavy atom. The molecule has 2 aromatic rings. The number of hydrogen-bond acceptors (Lipinski definition) is 1. The lowest BCUT2D eigenvalue weighted by atomic mass is 10.1. The molecular formula is C13H9BrClO. The van der Waals surface area contributed by atoms with Gasteiger partial charge in [0, 0.05) is 0 Å². The Hall–Kier alpha value is -0.990. The van der Waals surface area contributed by atoms with Crippen molar-refractivity contribution in [3.63, 3.8) is 0 Å². The first-order valence-electron chi connectivity index (χ1n) is 4.72. The Bertz CT molecular complexity index is 474. The smallest absolute Gasteiger partial charge is 0.151 e. The third-order valence-electron chi connectivity index (χ3n) is 2.22. The van der Waals surface area contributed by atoms with Crippen LogP contribution in [0.3, 0.4) is 0 Å². The number of hydrogen-bond donors (Lipinski definition) is 0. The summed E-state index contributed by atoms with van der Waals surface area (Å²) in [4.78, 5) is 0. The summed E-state index contributed by atoms with van der Waals surface area (Å²) < 4.78 is 6.02. The largest absolute Gasteiger partial charge is 0.494 e. The Morgan fingerprint density at radius 1 is 1.31 bits per heavy atom. The van der Waals surface area contributed by atoms with Gasteiger partial charge in [0.25, 0.3) is 0 Å². The second-order valence-electron chi connectivity index (χ2n) is 3.25. The molecule has 0 unspecified atom stereocenters. The SMILES string of the molecule is COc1c(Cl)cc(-c2[c]cccc2)cc1Br. The van der Waals surface area contributed by atoms with E-state index < -0.39 is 0 Å². The van der Waals surface area contributed by atoms with E-state index in [1.807, 2.05) is 36.4 Å². The normalized spacial score (nSPS) is 10.2. The van der Waals surface area contributed by atoms with Crippen LogP contribution in [0.4, 0.5) is 0 Å². The summed E-state index contributed by atoms with van der Waals surface area (Å²) in [6.07, 6.45) is 0. The van der Waals surface area contributed by atoms with Crippen LogP contribution in [0.2, 0.25) is 5.02 Å². The molecule has 16 heavy (non-hydrogen) atoms. The Kier molecular flexibility index (Phi) is 3.52. The van der Waals surface area contributed by atoms with E-state index in [-0.39, 0.29) is 0 Å². The van der Waals surface area contributed by atoms with Crippen molar-refractivity contribution in [1.29, 1.82) is 0 Å². The lowest BCUT2D eigenvalue weighted by Gasteiger charge is -2.08. The van der Waals surface area contributed by atoms with Gasteiger partial charge in [-0.1, -0.05) is 35.9 Å². The van der Waals surface area contributed by atoms with Gasteiger partial charge >= 0.3 is 0 Å². The van der Waals surface area contributed by atoms with Crippen LogP contribution in [-0.2, 0) is 0 Å². The van der Waals surface area contributed by atoms with Gasteiger partial charge in [-0.05, 0) is 45.3 Å². The van der Waals surface area contributed by atoms with Crippen LogP contribution in [0, 0.1) is 6.07 Å². The number of methoxy groups -OCH3 is 1. The first-order valence-corrected chi connectivity index (χ1v) is 5.89. The van der Waals surface area contributed by atoms with Crippen molar-refractivity contribution in [3.8, 4) is 16.9 Å². The maximum Gasteiger partial charge on any atom is 0.151 e. The fourth-order valence-corrected chi connectivity index (χ4v) is 2.52. The number of benzene rings is 2. The lowest BCUT2D eigenvalue weighted by Crippen LogP contribution is -1.87. The van der Waals surface area contributed by atoms with Gasteiger partial charge in [0.1, 0.15) is 0 Å². The minimum absolute atomic E-state index is 0.587. The second-order valence-corrected chi connectivity index (χ2v) is 4.51. The highest BCUT2D eigenvalue weighted by atomic mass is 79.9. The molecule has 2 aromatic carbocycles. The summed E-state index contributed by atoms with van der Waals surface area (Å²) in [5, 5.41) is 0.587. The van der Waals surface area contributed by atoms with Crippen molar-refractivity contribution in [1.82, 2.24) is 0 Å². The lowest BCUT2D eigenvalue weighted by molar-refractivity contribution is 0.412. The molecule has 0 saturated carbocycles. The van der Waals surface area contributed by atoms with Crippen LogP contribution in [0.15, 0.2) is 40.9 Å². The summed E-state index contributed by atoms with van der Waals surface area (Å²) in [7, 11) is 1.60. The van der Waals surface area contributed by atoms with Crippen molar-refractivity contribution >= 4 is 27.5 Å². The monoisotopic (exact) mass is 295 g/mol. The Morgan fingerprint density at radius 3 is 2.69 bits per heavy atom. The molecule has 1 radical (unpaired) electrons. The van der Waals surface area contributed by atoms with Crippen LogP contribution in [-0.4, -0.2) is 7.11 Å². The topological polar surface area (TPSA) is 9.23 Å². The van der Waals surface area contributed by atoms with Crippen LogP contribution in [0.25, 0.3) is 11.1 Å². The third-order valence-corrected chi connectivity index (χ3v) is 3.09. The summed E-state index contributed by atoms with van der Waals surface area (Å²) in [6.45, 7) is 0. The van der Waals surface area contributed by atoms with Gasteiger partial charge in [-0.25, -0.2) is 0 Å². The molecule has 3 heteroatoms. The molecule has 0 fully saturated rings. The van der Waals surface area contributed by atoms with Gasteiger partial charge in [0.2, 0.25) is 0 Å². The van der Waals surface area contributed by atoms with Gasteiger partial charge in [0.15, 0.2) is 5.75 Å². The molecule has 0 bridgehead atoms. The van der Waals surface area contributed by atoms with Gasteiger partial charge < -0.3 is 4.74 Å². The van der Waals surface area contributed by atoms with E-state index in [4.69, 9.17) is 16.3 Å². The molecule has 2 rings (SSSR count). The highest BCUT2D eigenvalue weighted by Gasteiger charge is 2.08.